The fourth-order valence-electron chi connectivity index (χ4n) is 3.89. The summed E-state index contributed by atoms with van der Waals surface area (Å²) in [7, 11) is 0. The van der Waals surface area contributed by atoms with Crippen LogP contribution in [0.2, 0.25) is 0 Å². The van der Waals surface area contributed by atoms with Gasteiger partial charge in [-0.25, -0.2) is 4.39 Å². The lowest BCUT2D eigenvalue weighted by molar-refractivity contribution is 0.0898. The number of pyridine rings is 1. The molecule has 0 saturated carbocycles. The predicted octanol–water partition coefficient (Wildman–Crippen LogP) is 3.58. The number of H-pyrrole nitrogens is 1. The number of hydrogen-bond donors (Lipinski definition) is 2. The quantitative estimate of drug-likeness (QED) is 0.682. The van der Waals surface area contributed by atoms with Gasteiger partial charge in [-0.2, -0.15) is 0 Å². The lowest BCUT2D eigenvalue weighted by Gasteiger charge is -2.33. The maximum Gasteiger partial charge on any atom is 0.261 e. The number of piperidine rings is 1. The van der Waals surface area contributed by atoms with Crippen LogP contribution in [0.3, 0.4) is 0 Å². The van der Waals surface area contributed by atoms with Gasteiger partial charge in [-0.05, 0) is 43.1 Å². The van der Waals surface area contributed by atoms with Crippen LogP contribution in [-0.2, 0) is 6.54 Å². The highest BCUT2D eigenvalue weighted by atomic mass is 19.1. The molecule has 3 aromatic rings. The Morgan fingerprint density at radius 2 is 1.83 bits per heavy atom. The minimum Gasteiger partial charge on any atom is -0.348 e. The third-order valence-electron chi connectivity index (χ3n) is 5.43. The van der Waals surface area contributed by atoms with E-state index >= 15 is 0 Å². The normalized spacial score (nSPS) is 16.9. The molecule has 154 valence electrons. The minimum absolute atomic E-state index is 0.0776. The molecule has 0 spiro atoms. The molecule has 1 saturated heterocycles. The fraction of sp³-hybridized carbons (Fsp3) is 0.250. The van der Waals surface area contributed by atoms with Crippen LogP contribution in [0.25, 0.3) is 11.3 Å². The average molecular weight is 405 g/mol. The number of benzene rings is 2. The molecule has 1 aromatic heterocycles. The summed E-state index contributed by atoms with van der Waals surface area (Å²) in [5.41, 5.74) is 1.90. The van der Waals surface area contributed by atoms with E-state index in [1.807, 2.05) is 36.4 Å². The lowest BCUT2D eigenvalue weighted by Crippen LogP contribution is -2.48. The number of hydrogen-bond acceptors (Lipinski definition) is 3. The Morgan fingerprint density at radius 3 is 2.60 bits per heavy atom. The van der Waals surface area contributed by atoms with Crippen molar-refractivity contribution in [3.63, 3.8) is 0 Å². The van der Waals surface area contributed by atoms with Crippen molar-refractivity contribution in [2.75, 3.05) is 13.1 Å². The average Bonchev–Trinajstić information content (AvgIpc) is 2.76. The first kappa shape index (κ1) is 20.0. The highest BCUT2D eigenvalue weighted by Gasteiger charge is 2.23. The Balaban J connectivity index is 1.41. The maximum absolute atomic E-state index is 13.9. The van der Waals surface area contributed by atoms with Gasteiger partial charge >= 0.3 is 0 Å². The van der Waals surface area contributed by atoms with Gasteiger partial charge in [0.1, 0.15) is 11.4 Å². The van der Waals surface area contributed by atoms with Gasteiger partial charge in [0.15, 0.2) is 0 Å². The van der Waals surface area contributed by atoms with Gasteiger partial charge in [0.2, 0.25) is 0 Å². The van der Waals surface area contributed by atoms with Crippen LogP contribution < -0.4 is 10.9 Å². The van der Waals surface area contributed by atoms with E-state index in [-0.39, 0.29) is 23.3 Å². The molecule has 30 heavy (non-hydrogen) atoms. The van der Waals surface area contributed by atoms with Crippen molar-refractivity contribution in [2.45, 2.75) is 25.4 Å². The molecule has 0 bridgehead atoms. The third kappa shape index (κ3) is 4.66. The zero-order valence-corrected chi connectivity index (χ0v) is 16.6. The van der Waals surface area contributed by atoms with Gasteiger partial charge in [-0.15, -0.1) is 0 Å². The van der Waals surface area contributed by atoms with Crippen LogP contribution in [0.1, 0.15) is 28.8 Å². The number of aromatic amines is 1. The van der Waals surface area contributed by atoms with Crippen molar-refractivity contribution < 1.29 is 9.18 Å². The molecule has 0 aliphatic carbocycles. The maximum atomic E-state index is 13.9. The Bertz CT molecular complexity index is 1080. The van der Waals surface area contributed by atoms with Crippen LogP contribution in [0, 0.1) is 5.82 Å². The number of likely N-dealkylation sites (tertiary alicyclic amines) is 1. The zero-order chi connectivity index (χ0) is 20.9. The summed E-state index contributed by atoms with van der Waals surface area (Å²) in [4.78, 5) is 30.1. The Morgan fingerprint density at radius 1 is 1.07 bits per heavy atom. The Kier molecular flexibility index (Phi) is 6.05. The fourth-order valence-corrected chi connectivity index (χ4v) is 3.89. The Hall–Kier alpha value is -3.25. The molecule has 0 radical (unpaired) electrons. The molecule has 2 N–H and O–H groups in total. The summed E-state index contributed by atoms with van der Waals surface area (Å²) in [5.74, 6) is -0.595. The number of amides is 1. The second-order valence-electron chi connectivity index (χ2n) is 7.62. The summed E-state index contributed by atoms with van der Waals surface area (Å²) in [6.07, 6.45) is 1.74. The molecule has 1 atom stereocenters. The van der Waals surface area contributed by atoms with Gasteiger partial charge < -0.3 is 10.3 Å². The van der Waals surface area contributed by atoms with Crippen LogP contribution >= 0.6 is 0 Å². The number of nitrogens with one attached hydrogen (secondary N) is 2. The standard InChI is InChI=1S/C24H24FN3O2/c25-21-11-5-4-9-18(21)15-28-14-6-10-19(16-28)26-23(29)20-12-13-22(27-24(20)30)17-7-2-1-3-8-17/h1-5,7-9,11-13,19H,6,10,14-16H2,(H,26,29)(H,27,30). The van der Waals surface area contributed by atoms with Crippen molar-refractivity contribution in [3.05, 3.63) is 94.0 Å². The summed E-state index contributed by atoms with van der Waals surface area (Å²) in [6.45, 7) is 1.98. The molecule has 6 heteroatoms. The zero-order valence-electron chi connectivity index (χ0n) is 16.6. The van der Waals surface area contributed by atoms with E-state index in [2.05, 4.69) is 15.2 Å². The van der Waals surface area contributed by atoms with Crippen molar-refractivity contribution in [1.82, 2.24) is 15.2 Å². The largest absolute Gasteiger partial charge is 0.348 e. The predicted molar refractivity (Wildman–Crippen MR) is 115 cm³/mol. The first-order valence-electron chi connectivity index (χ1n) is 10.2. The van der Waals surface area contributed by atoms with Gasteiger partial charge in [0.05, 0.1) is 0 Å². The number of rotatable bonds is 5. The minimum atomic E-state index is -0.409. The first-order valence-corrected chi connectivity index (χ1v) is 10.2. The lowest BCUT2D eigenvalue weighted by atomic mass is 10.0. The molecular formula is C24H24FN3O2. The van der Waals surface area contributed by atoms with Crippen molar-refractivity contribution in [3.8, 4) is 11.3 Å². The molecule has 1 aliphatic rings. The number of carbonyl (C=O) groups is 1. The Labute approximate surface area is 174 Å². The van der Waals surface area contributed by atoms with Gasteiger partial charge in [-0.3, -0.25) is 14.5 Å². The third-order valence-corrected chi connectivity index (χ3v) is 5.43. The van der Waals surface area contributed by atoms with Crippen LogP contribution in [0.15, 0.2) is 71.5 Å². The summed E-state index contributed by atoms with van der Waals surface area (Å²) in [5, 5.41) is 2.97. The molecule has 2 heterocycles. The monoisotopic (exact) mass is 405 g/mol. The van der Waals surface area contributed by atoms with E-state index in [0.717, 1.165) is 24.9 Å². The van der Waals surface area contributed by atoms with E-state index in [1.54, 1.807) is 24.3 Å². The second-order valence-corrected chi connectivity index (χ2v) is 7.62. The van der Waals surface area contributed by atoms with Crippen LogP contribution in [-0.4, -0.2) is 34.9 Å². The molecule has 1 fully saturated rings. The highest BCUT2D eigenvalue weighted by molar-refractivity contribution is 5.94. The molecule has 1 aliphatic heterocycles. The van der Waals surface area contributed by atoms with Gasteiger partial charge in [-0.1, -0.05) is 48.5 Å². The number of halogens is 1. The van der Waals surface area contributed by atoms with E-state index in [1.165, 1.54) is 6.07 Å². The van der Waals surface area contributed by atoms with E-state index < -0.39 is 5.56 Å². The van der Waals surface area contributed by atoms with Gasteiger partial charge in [0.25, 0.3) is 11.5 Å². The smallest absolute Gasteiger partial charge is 0.261 e. The van der Waals surface area contributed by atoms with E-state index in [0.29, 0.717) is 24.3 Å². The SMILES string of the molecule is O=C(NC1CCCN(Cc2ccccc2F)C1)c1ccc(-c2ccccc2)[nH]c1=O. The van der Waals surface area contributed by atoms with Crippen molar-refractivity contribution in [2.24, 2.45) is 0 Å². The van der Waals surface area contributed by atoms with Crippen molar-refractivity contribution >= 4 is 5.91 Å². The summed E-state index contributed by atoms with van der Waals surface area (Å²) >= 11 is 0. The number of carbonyl (C=O) groups excluding carboxylic acids is 1. The van der Waals surface area contributed by atoms with Crippen LogP contribution in [0.5, 0.6) is 0 Å². The summed E-state index contributed by atoms with van der Waals surface area (Å²) < 4.78 is 13.9. The first-order chi connectivity index (χ1) is 14.6. The van der Waals surface area contributed by atoms with Gasteiger partial charge in [0, 0.05) is 30.4 Å². The number of aromatic nitrogens is 1. The van der Waals surface area contributed by atoms with Crippen molar-refractivity contribution in [1.29, 1.82) is 0 Å². The molecule has 1 amide bonds. The number of nitrogens with zero attached hydrogens (tertiary/aromatic N) is 1. The van der Waals surface area contributed by atoms with Crippen LogP contribution in [0.4, 0.5) is 4.39 Å². The van der Waals surface area contributed by atoms with E-state index in [4.69, 9.17) is 0 Å². The second kappa shape index (κ2) is 9.05. The molecular weight excluding hydrogens is 381 g/mol. The molecule has 4 rings (SSSR count). The molecule has 2 aromatic carbocycles. The summed E-state index contributed by atoms with van der Waals surface area (Å²) in [6, 6.07) is 19.5. The van der Waals surface area contributed by atoms with E-state index in [9.17, 15) is 14.0 Å². The molecule has 5 nitrogen and oxygen atoms in total. The highest BCUT2D eigenvalue weighted by Crippen LogP contribution is 2.17. The topological polar surface area (TPSA) is 65.2 Å². The molecule has 1 unspecified atom stereocenters.